The first-order valence-electron chi connectivity index (χ1n) is 4.81. The first kappa shape index (κ1) is 31.5. The zero-order chi connectivity index (χ0) is 17.6. The molecule has 17 heteroatoms. The number of aromatic carboxylic acids is 4. The molecule has 0 unspecified atom stereocenters. The number of nitrogens with zero attached hydrogens (tertiary/aromatic N) is 2. The van der Waals surface area contributed by atoms with Gasteiger partial charge in [-0.3, -0.25) is 7.32 Å². The fraction of sp³-hybridized carbons (Fsp3) is 0. The smallest absolute Gasteiger partial charge is 0.907 e. The molecule has 0 aliphatic heterocycles. The number of carboxylic acids is 4. The summed E-state index contributed by atoms with van der Waals surface area (Å²) in [6, 6.07) is 0. The van der Waals surface area contributed by atoms with Crippen LogP contribution in [0, 0.1) is 0 Å². The van der Waals surface area contributed by atoms with E-state index in [0.717, 1.165) is 0 Å². The number of hydrogen-bond donors (Lipinski definition) is 4. The standard InChI is InChI=1S/C8H4N2O8.BO3.3Li/c11-5(12)1-2(6(13)14)10-4(8(17)18)3(9-1)7(15)16;2-1(3)4;;;/h(H,11,12)(H,13,14)(H,15,16)(H,17,18);;;;/q;-3;3*+1. The van der Waals surface area contributed by atoms with E-state index in [9.17, 15) is 19.2 Å². The number of rotatable bonds is 4. The minimum Gasteiger partial charge on any atom is -0.907 e. The Balaban J connectivity index is -0.000000285. The molecule has 4 N–H and O–H groups in total. The molecule has 1 aromatic rings. The van der Waals surface area contributed by atoms with E-state index in [2.05, 4.69) is 9.97 Å². The largest absolute Gasteiger partial charge is 1.00 e. The summed E-state index contributed by atoms with van der Waals surface area (Å²) in [6.45, 7) is 0. The van der Waals surface area contributed by atoms with Crippen LogP contribution < -0.4 is 71.7 Å². The SMILES string of the molecule is O=C(O)c1nc(C(=O)O)c(C(=O)O)nc1C(=O)O.[Li+].[Li+].[Li+].[O-]B([O-])[O-]. The van der Waals surface area contributed by atoms with Crippen LogP contribution in [0.4, 0.5) is 0 Å². The Morgan fingerprint density at radius 2 is 0.720 bits per heavy atom. The average Bonchev–Trinajstić information content (AvgIpc) is 2.35. The van der Waals surface area contributed by atoms with E-state index in [1.54, 1.807) is 0 Å². The van der Waals surface area contributed by atoms with Gasteiger partial charge in [-0.05, 0) is 0 Å². The van der Waals surface area contributed by atoms with Crippen LogP contribution in [0.3, 0.4) is 0 Å². The van der Waals surface area contributed by atoms with E-state index in [4.69, 9.17) is 35.5 Å². The topological polar surface area (TPSA) is 244 Å². The summed E-state index contributed by atoms with van der Waals surface area (Å²) >= 11 is 0. The Labute approximate surface area is 174 Å². The zero-order valence-corrected chi connectivity index (χ0v) is 13.1. The van der Waals surface area contributed by atoms with Crippen molar-refractivity contribution < 1.29 is 111 Å². The quantitative estimate of drug-likeness (QED) is 0.373. The third-order valence-electron chi connectivity index (χ3n) is 1.71. The molecule has 0 aliphatic carbocycles. The number of carboxylic acid groups (broad SMARTS) is 4. The van der Waals surface area contributed by atoms with Crippen molar-refractivity contribution in [2.45, 2.75) is 0 Å². The third-order valence-corrected chi connectivity index (χ3v) is 1.71. The van der Waals surface area contributed by atoms with Crippen molar-refractivity contribution >= 4 is 31.2 Å². The zero-order valence-electron chi connectivity index (χ0n) is 13.1. The molecule has 25 heavy (non-hydrogen) atoms. The van der Waals surface area contributed by atoms with Crippen LogP contribution in [0.15, 0.2) is 0 Å². The average molecular weight is 336 g/mol. The van der Waals surface area contributed by atoms with Crippen LogP contribution >= 0.6 is 0 Å². The molecule has 0 bridgehead atoms. The summed E-state index contributed by atoms with van der Waals surface area (Å²) in [5.41, 5.74) is -4.59. The molecule has 0 radical (unpaired) electrons. The predicted molar refractivity (Wildman–Crippen MR) is 55.6 cm³/mol. The van der Waals surface area contributed by atoms with Crippen molar-refractivity contribution in [1.29, 1.82) is 0 Å². The Morgan fingerprint density at radius 3 is 0.800 bits per heavy atom. The fourth-order valence-corrected chi connectivity index (χ4v) is 1.03. The van der Waals surface area contributed by atoms with Crippen molar-refractivity contribution in [2.75, 3.05) is 0 Å². The molecule has 0 atom stereocenters. The Bertz CT molecular complexity index is 541. The Morgan fingerprint density at radius 1 is 0.600 bits per heavy atom. The van der Waals surface area contributed by atoms with Crippen LogP contribution in [0.5, 0.6) is 0 Å². The molecule has 0 aliphatic rings. The summed E-state index contributed by atoms with van der Waals surface area (Å²) in [5, 5.41) is 59.8. The van der Waals surface area contributed by atoms with Gasteiger partial charge in [0, 0.05) is 0 Å². The molecule has 118 valence electrons. The summed E-state index contributed by atoms with van der Waals surface area (Å²) in [6.07, 6.45) is 0. The maximum atomic E-state index is 10.7. The van der Waals surface area contributed by atoms with Crippen LogP contribution in [0.25, 0.3) is 0 Å². The minimum atomic E-state index is -2.92. The molecule has 1 rings (SSSR count). The van der Waals surface area contributed by atoms with E-state index in [0.29, 0.717) is 0 Å². The first-order chi connectivity index (χ1) is 9.98. The van der Waals surface area contributed by atoms with E-state index in [1.807, 2.05) is 0 Å². The monoisotopic (exact) mass is 336 g/mol. The number of hydrogen-bond acceptors (Lipinski definition) is 9. The van der Waals surface area contributed by atoms with Crippen LogP contribution in [-0.4, -0.2) is 61.6 Å². The number of carbonyl (C=O) groups is 4. The molecule has 13 nitrogen and oxygen atoms in total. The summed E-state index contributed by atoms with van der Waals surface area (Å²) < 4.78 is 0. The van der Waals surface area contributed by atoms with Crippen molar-refractivity contribution in [3.8, 4) is 0 Å². The molecular weight excluding hydrogens is 332 g/mol. The first-order valence-corrected chi connectivity index (χ1v) is 4.81. The molecule has 0 saturated carbocycles. The van der Waals surface area contributed by atoms with Crippen molar-refractivity contribution in [2.24, 2.45) is 0 Å². The van der Waals surface area contributed by atoms with Gasteiger partial charge < -0.3 is 35.5 Å². The maximum Gasteiger partial charge on any atom is 1.00 e. The molecule has 0 aromatic carbocycles. The third kappa shape index (κ3) is 10.3. The van der Waals surface area contributed by atoms with Gasteiger partial charge in [0.1, 0.15) is 0 Å². The van der Waals surface area contributed by atoms with Gasteiger partial charge in [-0.15, -0.1) is 0 Å². The molecule has 0 saturated heterocycles. The van der Waals surface area contributed by atoms with Gasteiger partial charge in [0.15, 0.2) is 22.8 Å². The van der Waals surface area contributed by atoms with Gasteiger partial charge in [-0.1, -0.05) is 0 Å². The molecular formula is C8H4BLi3N2O11. The molecule has 0 amide bonds. The van der Waals surface area contributed by atoms with Gasteiger partial charge in [0.2, 0.25) is 0 Å². The molecule has 1 heterocycles. The Hall–Kier alpha value is -1.30. The normalized spacial score (nSPS) is 8.12. The summed E-state index contributed by atoms with van der Waals surface area (Å²) in [7, 11) is -2.92. The van der Waals surface area contributed by atoms with Gasteiger partial charge in [-0.25, -0.2) is 29.1 Å². The second-order valence-electron chi connectivity index (χ2n) is 3.13. The van der Waals surface area contributed by atoms with E-state index in [-0.39, 0.29) is 56.6 Å². The van der Waals surface area contributed by atoms with Gasteiger partial charge in [-0.2, -0.15) is 0 Å². The van der Waals surface area contributed by atoms with E-state index >= 15 is 0 Å². The van der Waals surface area contributed by atoms with Crippen LogP contribution in [0.2, 0.25) is 0 Å². The molecule has 0 fully saturated rings. The number of aromatic nitrogens is 2. The second-order valence-corrected chi connectivity index (χ2v) is 3.13. The van der Waals surface area contributed by atoms with Crippen molar-refractivity contribution in [3.05, 3.63) is 22.8 Å². The predicted octanol–water partition coefficient (Wildman–Crippen LogP) is -13.7. The van der Waals surface area contributed by atoms with Gasteiger partial charge in [0.25, 0.3) is 0 Å². The molecule has 1 aromatic heterocycles. The maximum absolute atomic E-state index is 10.7. The van der Waals surface area contributed by atoms with E-state index < -0.39 is 54.0 Å². The van der Waals surface area contributed by atoms with E-state index in [1.165, 1.54) is 0 Å². The summed E-state index contributed by atoms with van der Waals surface area (Å²) in [4.78, 5) is 48.7. The van der Waals surface area contributed by atoms with Crippen molar-refractivity contribution in [3.63, 3.8) is 0 Å². The minimum absolute atomic E-state index is 0. The summed E-state index contributed by atoms with van der Waals surface area (Å²) in [5.74, 6) is -7.34. The van der Waals surface area contributed by atoms with Crippen LogP contribution in [-0.2, 0) is 0 Å². The van der Waals surface area contributed by atoms with Gasteiger partial charge in [0.05, 0.1) is 0 Å². The van der Waals surface area contributed by atoms with Crippen LogP contribution in [0.1, 0.15) is 42.0 Å². The van der Waals surface area contributed by atoms with Crippen molar-refractivity contribution in [1.82, 2.24) is 9.97 Å². The van der Waals surface area contributed by atoms with Gasteiger partial charge >= 0.3 is 80.5 Å². The fourth-order valence-electron chi connectivity index (χ4n) is 1.03. The Kier molecular flexibility index (Phi) is 17.5. The second kappa shape index (κ2) is 13.9. The molecule has 0 spiro atoms.